The average molecular weight is 448 g/mol. The number of benzene rings is 2. The third-order valence-corrected chi connectivity index (χ3v) is 5.69. The third kappa shape index (κ3) is 5.94. The molecule has 2 heterocycles. The van der Waals surface area contributed by atoms with Crippen molar-refractivity contribution in [3.63, 3.8) is 0 Å². The number of hydrogen-bond donors (Lipinski definition) is 1. The largest absolute Gasteiger partial charge is 0.439 e. The highest BCUT2D eigenvalue weighted by molar-refractivity contribution is 5.95. The van der Waals surface area contributed by atoms with E-state index in [2.05, 4.69) is 10.3 Å². The molecule has 6 nitrogen and oxygen atoms in total. The zero-order chi connectivity index (χ0) is 23.0. The van der Waals surface area contributed by atoms with Crippen LogP contribution < -0.4 is 10.1 Å². The maximum atomic E-state index is 13.4. The van der Waals surface area contributed by atoms with Gasteiger partial charge < -0.3 is 15.0 Å². The van der Waals surface area contributed by atoms with Crippen molar-refractivity contribution >= 4 is 11.8 Å². The molecule has 1 saturated heterocycles. The van der Waals surface area contributed by atoms with Crippen molar-refractivity contribution in [1.82, 2.24) is 15.2 Å². The van der Waals surface area contributed by atoms with Gasteiger partial charge in [0.05, 0.1) is 0 Å². The molecule has 7 heteroatoms. The van der Waals surface area contributed by atoms with E-state index >= 15 is 0 Å². The molecule has 33 heavy (non-hydrogen) atoms. The van der Waals surface area contributed by atoms with Crippen LogP contribution in [0, 0.1) is 5.82 Å². The number of likely N-dealkylation sites (tertiary alicyclic amines) is 1. The van der Waals surface area contributed by atoms with Crippen LogP contribution in [-0.4, -0.2) is 40.8 Å². The van der Waals surface area contributed by atoms with Gasteiger partial charge in [-0.25, -0.2) is 9.37 Å². The van der Waals surface area contributed by atoms with Gasteiger partial charge in [-0.05, 0) is 56.0 Å². The number of pyridine rings is 1. The Kier molecular flexibility index (Phi) is 7.29. The lowest BCUT2D eigenvalue weighted by Gasteiger charge is -2.36. The van der Waals surface area contributed by atoms with E-state index < -0.39 is 5.82 Å². The van der Waals surface area contributed by atoms with E-state index in [4.69, 9.17) is 4.74 Å². The van der Waals surface area contributed by atoms with Crippen molar-refractivity contribution in [3.05, 3.63) is 89.9 Å². The second-order valence-electron chi connectivity index (χ2n) is 8.00. The topological polar surface area (TPSA) is 71.5 Å². The number of ether oxygens (including phenoxy) is 1. The lowest BCUT2D eigenvalue weighted by Crippen LogP contribution is -2.45. The van der Waals surface area contributed by atoms with Crippen LogP contribution in [0.5, 0.6) is 11.6 Å². The maximum absolute atomic E-state index is 13.4. The van der Waals surface area contributed by atoms with Gasteiger partial charge in [-0.3, -0.25) is 9.59 Å². The summed E-state index contributed by atoms with van der Waals surface area (Å²) in [6.07, 6.45) is 5.08. The highest BCUT2D eigenvalue weighted by Crippen LogP contribution is 2.25. The molecule has 2 amide bonds. The molecule has 1 atom stereocenters. The first kappa shape index (κ1) is 22.5. The first-order valence-electron chi connectivity index (χ1n) is 11.1. The maximum Gasteiger partial charge on any atom is 0.254 e. The van der Waals surface area contributed by atoms with Gasteiger partial charge in [-0.1, -0.05) is 24.3 Å². The van der Waals surface area contributed by atoms with Crippen molar-refractivity contribution < 1.29 is 18.7 Å². The van der Waals surface area contributed by atoms with Crippen LogP contribution in [0.4, 0.5) is 4.39 Å². The SMILES string of the molecule is O=C(NCCC1CCCCN1C(=O)c1ccnc(Oc2cccc(F)c2)c1)c1ccccc1. The number of piperidine rings is 1. The number of hydrogen-bond acceptors (Lipinski definition) is 4. The van der Waals surface area contributed by atoms with Crippen molar-refractivity contribution in [3.8, 4) is 11.6 Å². The zero-order valence-electron chi connectivity index (χ0n) is 18.2. The molecule has 0 saturated carbocycles. The Balaban J connectivity index is 1.39. The molecule has 0 aliphatic carbocycles. The first-order valence-corrected chi connectivity index (χ1v) is 11.1. The van der Waals surface area contributed by atoms with E-state index in [0.717, 1.165) is 19.3 Å². The molecule has 170 valence electrons. The van der Waals surface area contributed by atoms with E-state index in [9.17, 15) is 14.0 Å². The van der Waals surface area contributed by atoms with Gasteiger partial charge in [-0.15, -0.1) is 0 Å². The van der Waals surface area contributed by atoms with Crippen molar-refractivity contribution in [2.75, 3.05) is 13.1 Å². The van der Waals surface area contributed by atoms with Crippen molar-refractivity contribution in [1.29, 1.82) is 0 Å². The summed E-state index contributed by atoms with van der Waals surface area (Å²) >= 11 is 0. The quantitative estimate of drug-likeness (QED) is 0.563. The molecule has 0 bridgehead atoms. The Morgan fingerprint density at radius 2 is 1.88 bits per heavy atom. The predicted molar refractivity (Wildman–Crippen MR) is 123 cm³/mol. The van der Waals surface area contributed by atoms with Crippen molar-refractivity contribution in [2.24, 2.45) is 0 Å². The van der Waals surface area contributed by atoms with E-state index in [1.54, 1.807) is 36.4 Å². The van der Waals surface area contributed by atoms with E-state index in [-0.39, 0.29) is 23.7 Å². The van der Waals surface area contributed by atoms with Crippen LogP contribution in [0.25, 0.3) is 0 Å². The van der Waals surface area contributed by atoms with E-state index in [0.29, 0.717) is 36.4 Å². The molecule has 1 unspecified atom stereocenters. The first-order chi connectivity index (χ1) is 16.1. The van der Waals surface area contributed by atoms with E-state index in [1.165, 1.54) is 18.3 Å². The molecule has 2 aromatic carbocycles. The second-order valence-corrected chi connectivity index (χ2v) is 8.00. The number of nitrogens with zero attached hydrogens (tertiary/aromatic N) is 2. The summed E-state index contributed by atoms with van der Waals surface area (Å²) < 4.78 is 19.1. The number of aromatic nitrogens is 1. The van der Waals surface area contributed by atoms with Crippen LogP contribution in [0.15, 0.2) is 72.9 Å². The highest BCUT2D eigenvalue weighted by Gasteiger charge is 2.27. The van der Waals surface area contributed by atoms with Gasteiger partial charge in [0.1, 0.15) is 11.6 Å². The fraction of sp³-hybridized carbons (Fsp3) is 0.269. The summed E-state index contributed by atoms with van der Waals surface area (Å²) in [6.45, 7) is 1.16. The number of carbonyl (C=O) groups excluding carboxylic acids is 2. The van der Waals surface area contributed by atoms with Gasteiger partial charge in [0, 0.05) is 48.6 Å². The monoisotopic (exact) mass is 447 g/mol. The Labute approximate surface area is 192 Å². The van der Waals surface area contributed by atoms with Crippen LogP contribution in [0.2, 0.25) is 0 Å². The molecule has 3 aromatic rings. The van der Waals surface area contributed by atoms with Gasteiger partial charge in [0.15, 0.2) is 0 Å². The standard InChI is InChI=1S/C26H26FN3O3/c27-21-9-6-11-23(18-21)33-24-17-20(12-14-28-24)26(32)30-16-5-4-10-22(30)13-15-29-25(31)19-7-2-1-3-8-19/h1-3,6-9,11-12,14,17-18,22H,4-5,10,13,15-16H2,(H,29,31). The summed E-state index contributed by atoms with van der Waals surface area (Å²) in [5.41, 5.74) is 1.09. The number of rotatable bonds is 7. The van der Waals surface area contributed by atoms with Gasteiger partial charge in [0.2, 0.25) is 5.88 Å². The van der Waals surface area contributed by atoms with Crippen LogP contribution in [-0.2, 0) is 0 Å². The molecule has 1 aliphatic rings. The lowest BCUT2D eigenvalue weighted by atomic mass is 9.98. The molecule has 1 N–H and O–H groups in total. The summed E-state index contributed by atoms with van der Waals surface area (Å²) in [4.78, 5) is 31.6. The minimum atomic E-state index is -0.407. The predicted octanol–water partition coefficient (Wildman–Crippen LogP) is 4.83. The van der Waals surface area contributed by atoms with Gasteiger partial charge in [0.25, 0.3) is 11.8 Å². The zero-order valence-corrected chi connectivity index (χ0v) is 18.2. The molecule has 1 aromatic heterocycles. The minimum absolute atomic E-state index is 0.0445. The number of nitrogens with one attached hydrogen (secondary N) is 1. The number of halogens is 1. The Morgan fingerprint density at radius 1 is 1.03 bits per heavy atom. The average Bonchev–Trinajstić information content (AvgIpc) is 2.84. The molecule has 4 rings (SSSR count). The van der Waals surface area contributed by atoms with Crippen LogP contribution in [0.1, 0.15) is 46.4 Å². The van der Waals surface area contributed by atoms with Gasteiger partial charge >= 0.3 is 0 Å². The minimum Gasteiger partial charge on any atom is -0.439 e. The number of carbonyl (C=O) groups is 2. The third-order valence-electron chi connectivity index (χ3n) is 5.69. The molecule has 0 radical (unpaired) electrons. The molecular weight excluding hydrogens is 421 g/mol. The highest BCUT2D eigenvalue weighted by atomic mass is 19.1. The Bertz CT molecular complexity index is 1110. The van der Waals surface area contributed by atoms with Crippen LogP contribution >= 0.6 is 0 Å². The molecule has 0 spiro atoms. The number of amides is 2. The molecular formula is C26H26FN3O3. The Hall–Kier alpha value is -3.74. The van der Waals surface area contributed by atoms with Crippen molar-refractivity contribution in [2.45, 2.75) is 31.7 Å². The fourth-order valence-electron chi connectivity index (χ4n) is 4.03. The lowest BCUT2D eigenvalue weighted by molar-refractivity contribution is 0.0601. The summed E-state index contributed by atoms with van der Waals surface area (Å²) in [5, 5.41) is 2.95. The molecule has 1 aliphatic heterocycles. The normalized spacial score (nSPS) is 15.7. The summed E-state index contributed by atoms with van der Waals surface area (Å²) in [5.74, 6) is -0.0689. The van der Waals surface area contributed by atoms with Crippen LogP contribution in [0.3, 0.4) is 0 Å². The second kappa shape index (κ2) is 10.7. The van der Waals surface area contributed by atoms with Gasteiger partial charge in [-0.2, -0.15) is 0 Å². The molecule has 1 fully saturated rings. The summed E-state index contributed by atoms with van der Waals surface area (Å²) in [7, 11) is 0. The smallest absolute Gasteiger partial charge is 0.254 e. The summed E-state index contributed by atoms with van der Waals surface area (Å²) in [6, 6.07) is 18.1. The fourth-order valence-corrected chi connectivity index (χ4v) is 4.03. The Morgan fingerprint density at radius 3 is 2.70 bits per heavy atom. The van der Waals surface area contributed by atoms with E-state index in [1.807, 2.05) is 23.1 Å².